The molecule has 0 heterocycles. The SMILES string of the molecule is CC(O)(CSc1ccccc1N)c1ccccc1. The number of benzene rings is 2. The van der Waals surface area contributed by atoms with Gasteiger partial charge in [-0.2, -0.15) is 0 Å². The van der Waals surface area contributed by atoms with Crippen LogP contribution in [0.2, 0.25) is 0 Å². The third kappa shape index (κ3) is 3.06. The van der Waals surface area contributed by atoms with Crippen molar-refractivity contribution in [2.45, 2.75) is 17.4 Å². The van der Waals surface area contributed by atoms with Crippen LogP contribution in [0.5, 0.6) is 0 Å². The van der Waals surface area contributed by atoms with E-state index in [2.05, 4.69) is 0 Å². The topological polar surface area (TPSA) is 46.2 Å². The highest BCUT2D eigenvalue weighted by molar-refractivity contribution is 7.99. The molecule has 0 aliphatic rings. The summed E-state index contributed by atoms with van der Waals surface area (Å²) in [6.07, 6.45) is 0. The van der Waals surface area contributed by atoms with Crippen LogP contribution in [0.1, 0.15) is 12.5 Å². The number of nitrogen functional groups attached to an aromatic ring is 1. The molecule has 18 heavy (non-hydrogen) atoms. The van der Waals surface area contributed by atoms with Crippen molar-refractivity contribution in [1.82, 2.24) is 0 Å². The lowest BCUT2D eigenvalue weighted by Crippen LogP contribution is -2.24. The van der Waals surface area contributed by atoms with E-state index in [0.717, 1.165) is 16.1 Å². The minimum Gasteiger partial charge on any atom is -0.398 e. The van der Waals surface area contributed by atoms with E-state index in [1.54, 1.807) is 11.8 Å². The van der Waals surface area contributed by atoms with E-state index < -0.39 is 5.60 Å². The highest BCUT2D eigenvalue weighted by Crippen LogP contribution is 2.31. The minimum atomic E-state index is -0.853. The van der Waals surface area contributed by atoms with Gasteiger partial charge in [-0.3, -0.25) is 0 Å². The molecule has 0 saturated carbocycles. The van der Waals surface area contributed by atoms with Gasteiger partial charge < -0.3 is 10.8 Å². The van der Waals surface area contributed by atoms with Gasteiger partial charge in [-0.1, -0.05) is 42.5 Å². The molecule has 0 aromatic heterocycles. The quantitative estimate of drug-likeness (QED) is 0.654. The average Bonchev–Trinajstić information content (AvgIpc) is 2.39. The van der Waals surface area contributed by atoms with Crippen LogP contribution in [0.15, 0.2) is 59.5 Å². The molecule has 0 amide bonds. The Labute approximate surface area is 112 Å². The summed E-state index contributed by atoms with van der Waals surface area (Å²) in [5.74, 6) is 0.575. The Kier molecular flexibility index (Phi) is 3.94. The summed E-state index contributed by atoms with van der Waals surface area (Å²) >= 11 is 1.57. The van der Waals surface area contributed by atoms with Gasteiger partial charge in [0.1, 0.15) is 0 Å². The molecule has 0 fully saturated rings. The van der Waals surface area contributed by atoms with Crippen molar-refractivity contribution in [3.8, 4) is 0 Å². The van der Waals surface area contributed by atoms with Crippen LogP contribution in [0.4, 0.5) is 5.69 Å². The van der Waals surface area contributed by atoms with Crippen molar-refractivity contribution in [1.29, 1.82) is 0 Å². The number of rotatable bonds is 4. The maximum atomic E-state index is 10.5. The lowest BCUT2D eigenvalue weighted by Gasteiger charge is -2.23. The van der Waals surface area contributed by atoms with E-state index in [-0.39, 0.29) is 0 Å². The summed E-state index contributed by atoms with van der Waals surface area (Å²) in [5.41, 5.74) is 6.71. The summed E-state index contributed by atoms with van der Waals surface area (Å²) in [5, 5.41) is 10.5. The normalized spacial score (nSPS) is 14.1. The van der Waals surface area contributed by atoms with Gasteiger partial charge >= 0.3 is 0 Å². The molecule has 1 unspecified atom stereocenters. The number of para-hydroxylation sites is 1. The van der Waals surface area contributed by atoms with Gasteiger partial charge in [0.25, 0.3) is 0 Å². The first kappa shape index (κ1) is 13.0. The van der Waals surface area contributed by atoms with Crippen LogP contribution >= 0.6 is 11.8 Å². The van der Waals surface area contributed by atoms with Crippen LogP contribution < -0.4 is 5.73 Å². The van der Waals surface area contributed by atoms with Crippen LogP contribution in [0.3, 0.4) is 0 Å². The van der Waals surface area contributed by atoms with E-state index in [4.69, 9.17) is 5.73 Å². The highest BCUT2D eigenvalue weighted by atomic mass is 32.2. The summed E-state index contributed by atoms with van der Waals surface area (Å²) in [6, 6.07) is 17.4. The third-order valence-electron chi connectivity index (χ3n) is 2.82. The second-order valence-corrected chi connectivity index (χ2v) is 5.48. The smallest absolute Gasteiger partial charge is 0.0962 e. The zero-order valence-corrected chi connectivity index (χ0v) is 11.2. The minimum absolute atomic E-state index is 0.575. The largest absolute Gasteiger partial charge is 0.398 e. The molecule has 2 aromatic carbocycles. The molecule has 2 nitrogen and oxygen atoms in total. The Hall–Kier alpha value is -1.45. The van der Waals surface area contributed by atoms with Gasteiger partial charge in [0.05, 0.1) is 5.60 Å². The van der Waals surface area contributed by atoms with Crippen LogP contribution in [0, 0.1) is 0 Å². The summed E-state index contributed by atoms with van der Waals surface area (Å²) < 4.78 is 0. The summed E-state index contributed by atoms with van der Waals surface area (Å²) in [6.45, 7) is 1.83. The fourth-order valence-electron chi connectivity index (χ4n) is 1.71. The Morgan fingerprint density at radius 1 is 1.06 bits per heavy atom. The molecule has 94 valence electrons. The molecule has 0 radical (unpaired) electrons. The predicted molar refractivity (Wildman–Crippen MR) is 77.6 cm³/mol. The van der Waals surface area contributed by atoms with E-state index in [0.29, 0.717) is 5.75 Å². The number of thioether (sulfide) groups is 1. The maximum absolute atomic E-state index is 10.5. The Morgan fingerprint density at radius 3 is 2.33 bits per heavy atom. The standard InChI is InChI=1S/C15H17NOS/c1-15(17,12-7-3-2-4-8-12)11-18-14-10-6-5-9-13(14)16/h2-10,17H,11,16H2,1H3. The first-order valence-electron chi connectivity index (χ1n) is 5.85. The van der Waals surface area contributed by atoms with E-state index in [1.165, 1.54) is 0 Å². The summed E-state index contributed by atoms with van der Waals surface area (Å²) in [4.78, 5) is 1.01. The molecule has 2 aromatic rings. The zero-order chi connectivity index (χ0) is 13.0. The van der Waals surface area contributed by atoms with Crippen molar-refractivity contribution < 1.29 is 5.11 Å². The van der Waals surface area contributed by atoms with E-state index >= 15 is 0 Å². The van der Waals surface area contributed by atoms with Crippen LogP contribution in [-0.4, -0.2) is 10.9 Å². The molecule has 0 bridgehead atoms. The van der Waals surface area contributed by atoms with E-state index in [9.17, 15) is 5.11 Å². The monoisotopic (exact) mass is 259 g/mol. The zero-order valence-electron chi connectivity index (χ0n) is 10.3. The number of aliphatic hydroxyl groups is 1. The van der Waals surface area contributed by atoms with Gasteiger partial charge in [-0.05, 0) is 24.6 Å². The Morgan fingerprint density at radius 2 is 1.67 bits per heavy atom. The molecule has 0 spiro atoms. The molecular formula is C15H17NOS. The fourth-order valence-corrected chi connectivity index (χ4v) is 2.72. The fraction of sp³-hybridized carbons (Fsp3) is 0.200. The third-order valence-corrected chi connectivity index (χ3v) is 4.21. The van der Waals surface area contributed by atoms with Gasteiger partial charge in [0.15, 0.2) is 0 Å². The number of hydrogen-bond acceptors (Lipinski definition) is 3. The second kappa shape index (κ2) is 5.46. The second-order valence-electron chi connectivity index (χ2n) is 4.47. The molecule has 2 rings (SSSR count). The van der Waals surface area contributed by atoms with Gasteiger partial charge in [0, 0.05) is 16.3 Å². The first-order chi connectivity index (χ1) is 8.59. The van der Waals surface area contributed by atoms with E-state index in [1.807, 2.05) is 61.5 Å². The van der Waals surface area contributed by atoms with Crippen molar-refractivity contribution in [2.75, 3.05) is 11.5 Å². The lowest BCUT2D eigenvalue weighted by atomic mass is 9.99. The number of hydrogen-bond donors (Lipinski definition) is 2. The van der Waals surface area contributed by atoms with Crippen LogP contribution in [0.25, 0.3) is 0 Å². The molecule has 0 aliphatic heterocycles. The van der Waals surface area contributed by atoms with Crippen molar-refractivity contribution in [3.63, 3.8) is 0 Å². The Balaban J connectivity index is 2.08. The lowest BCUT2D eigenvalue weighted by molar-refractivity contribution is 0.0839. The maximum Gasteiger partial charge on any atom is 0.0962 e. The van der Waals surface area contributed by atoms with Gasteiger partial charge in [0.2, 0.25) is 0 Å². The molecule has 3 heteroatoms. The average molecular weight is 259 g/mol. The predicted octanol–water partition coefficient (Wildman–Crippen LogP) is 3.27. The van der Waals surface area contributed by atoms with Gasteiger partial charge in [-0.25, -0.2) is 0 Å². The van der Waals surface area contributed by atoms with Crippen molar-refractivity contribution in [2.24, 2.45) is 0 Å². The first-order valence-corrected chi connectivity index (χ1v) is 6.83. The Bertz CT molecular complexity index is 511. The number of anilines is 1. The molecule has 0 saturated heterocycles. The van der Waals surface area contributed by atoms with Crippen molar-refractivity contribution in [3.05, 3.63) is 60.2 Å². The molecule has 1 atom stereocenters. The van der Waals surface area contributed by atoms with Gasteiger partial charge in [-0.15, -0.1) is 11.8 Å². The number of nitrogens with two attached hydrogens (primary N) is 1. The van der Waals surface area contributed by atoms with Crippen LogP contribution in [-0.2, 0) is 5.60 Å². The summed E-state index contributed by atoms with van der Waals surface area (Å²) in [7, 11) is 0. The molecule has 0 aliphatic carbocycles. The molecule has 3 N–H and O–H groups in total. The highest BCUT2D eigenvalue weighted by Gasteiger charge is 2.23. The molecular weight excluding hydrogens is 242 g/mol. The van der Waals surface area contributed by atoms with Crippen molar-refractivity contribution >= 4 is 17.4 Å².